The van der Waals surface area contributed by atoms with Crippen molar-refractivity contribution in [2.75, 3.05) is 5.32 Å². The van der Waals surface area contributed by atoms with E-state index in [4.69, 9.17) is 4.74 Å². The summed E-state index contributed by atoms with van der Waals surface area (Å²) in [6.45, 7) is 0.594. The Balaban J connectivity index is 1.57. The van der Waals surface area contributed by atoms with E-state index in [-0.39, 0.29) is 11.7 Å². The van der Waals surface area contributed by atoms with Gasteiger partial charge in [-0.05, 0) is 16.5 Å². The SMILES string of the molecule is Cn1nnnc1-n1c(OCc2csc(NC(=O)C(C)(F)F)n2)cc2ccccc21. The van der Waals surface area contributed by atoms with Crippen molar-refractivity contribution in [3.63, 3.8) is 0 Å². The van der Waals surface area contributed by atoms with Crippen molar-refractivity contribution in [3.05, 3.63) is 41.4 Å². The highest BCUT2D eigenvalue weighted by Gasteiger charge is 2.32. The van der Waals surface area contributed by atoms with E-state index in [2.05, 4.69) is 25.8 Å². The summed E-state index contributed by atoms with van der Waals surface area (Å²) in [5.41, 5.74) is 1.34. The zero-order chi connectivity index (χ0) is 20.6. The number of aromatic nitrogens is 6. The van der Waals surface area contributed by atoms with Gasteiger partial charge in [-0.1, -0.05) is 23.3 Å². The zero-order valence-electron chi connectivity index (χ0n) is 15.3. The molecule has 9 nitrogen and oxygen atoms in total. The van der Waals surface area contributed by atoms with Crippen LogP contribution in [0, 0.1) is 0 Å². The Morgan fingerprint density at radius 1 is 1.34 bits per heavy atom. The number of anilines is 1. The van der Waals surface area contributed by atoms with Crippen molar-refractivity contribution in [3.8, 4) is 11.8 Å². The first-order valence-electron chi connectivity index (χ1n) is 8.42. The molecule has 0 fully saturated rings. The molecule has 0 saturated carbocycles. The molecule has 150 valence electrons. The van der Waals surface area contributed by atoms with Crippen LogP contribution in [-0.4, -0.2) is 41.6 Å². The summed E-state index contributed by atoms with van der Waals surface area (Å²) >= 11 is 1.04. The number of nitrogens with one attached hydrogen (secondary N) is 1. The summed E-state index contributed by atoms with van der Waals surface area (Å²) in [5.74, 6) is -3.93. The number of hydrogen-bond donors (Lipinski definition) is 1. The van der Waals surface area contributed by atoms with Crippen molar-refractivity contribution < 1.29 is 18.3 Å². The maximum absolute atomic E-state index is 13.0. The van der Waals surface area contributed by atoms with Gasteiger partial charge in [-0.2, -0.15) is 8.78 Å². The molecule has 0 aliphatic rings. The zero-order valence-corrected chi connectivity index (χ0v) is 16.2. The first-order chi connectivity index (χ1) is 13.8. The molecule has 1 N–H and O–H groups in total. The lowest BCUT2D eigenvalue weighted by Crippen LogP contribution is -2.31. The molecule has 12 heteroatoms. The second-order valence-corrected chi connectivity index (χ2v) is 7.11. The normalized spacial score (nSPS) is 11.7. The topological polar surface area (TPSA) is 99.8 Å². The maximum atomic E-state index is 13.0. The highest BCUT2D eigenvalue weighted by atomic mass is 32.1. The van der Waals surface area contributed by atoms with Gasteiger partial charge in [0.1, 0.15) is 6.61 Å². The summed E-state index contributed by atoms with van der Waals surface area (Å²) in [5, 5.41) is 16.3. The number of amides is 1. The molecule has 1 amide bonds. The molecular weight excluding hydrogens is 404 g/mol. The first-order valence-corrected chi connectivity index (χ1v) is 9.30. The first kappa shape index (κ1) is 18.9. The van der Waals surface area contributed by atoms with E-state index >= 15 is 0 Å². The summed E-state index contributed by atoms with van der Waals surface area (Å²) in [6, 6.07) is 9.49. The fraction of sp³-hybridized carbons (Fsp3) is 0.235. The molecule has 29 heavy (non-hydrogen) atoms. The fourth-order valence-electron chi connectivity index (χ4n) is 2.64. The minimum absolute atomic E-state index is 0.0660. The number of hydrogen-bond acceptors (Lipinski definition) is 7. The van der Waals surface area contributed by atoms with Crippen LogP contribution >= 0.6 is 11.3 Å². The Morgan fingerprint density at radius 3 is 2.86 bits per heavy atom. The molecule has 0 bridgehead atoms. The van der Waals surface area contributed by atoms with Gasteiger partial charge in [-0.25, -0.2) is 14.2 Å². The number of benzene rings is 1. The van der Waals surface area contributed by atoms with Crippen LogP contribution in [0.1, 0.15) is 12.6 Å². The van der Waals surface area contributed by atoms with Gasteiger partial charge in [0, 0.05) is 30.8 Å². The predicted octanol–water partition coefficient (Wildman–Crippen LogP) is 2.78. The molecule has 1 aromatic carbocycles. The van der Waals surface area contributed by atoms with Gasteiger partial charge < -0.3 is 4.74 Å². The molecule has 4 aromatic rings. The third-order valence-electron chi connectivity index (χ3n) is 4.01. The Morgan fingerprint density at radius 2 is 2.14 bits per heavy atom. The largest absolute Gasteiger partial charge is 0.472 e. The van der Waals surface area contributed by atoms with Crippen LogP contribution in [0.4, 0.5) is 13.9 Å². The van der Waals surface area contributed by atoms with Crippen molar-refractivity contribution in [2.45, 2.75) is 19.5 Å². The van der Waals surface area contributed by atoms with Crippen LogP contribution < -0.4 is 10.1 Å². The van der Waals surface area contributed by atoms with Gasteiger partial charge in [0.2, 0.25) is 5.88 Å². The van der Waals surface area contributed by atoms with E-state index in [1.54, 1.807) is 17.0 Å². The number of para-hydroxylation sites is 1. The standard InChI is InChI=1S/C17H15F2N7O2S/c1-17(18,19)14(27)21-15-20-11(9-29-15)8-28-13-7-10-5-3-4-6-12(10)26(13)16-22-23-24-25(16)2/h3-7,9H,8H2,1-2H3,(H,20,21,27). The smallest absolute Gasteiger partial charge is 0.322 e. The molecule has 0 atom stereocenters. The molecule has 3 heterocycles. The van der Waals surface area contributed by atoms with Gasteiger partial charge in [-0.15, -0.1) is 11.3 Å². The average molecular weight is 419 g/mol. The lowest BCUT2D eigenvalue weighted by molar-refractivity contribution is -0.137. The Hall–Kier alpha value is -3.41. The molecule has 0 aliphatic heterocycles. The van der Waals surface area contributed by atoms with Crippen molar-refractivity contribution in [1.29, 1.82) is 0 Å². The number of thiazole rings is 1. The maximum Gasteiger partial charge on any atom is 0.322 e. The number of halogens is 2. The number of carbonyl (C=O) groups is 1. The number of aryl methyl sites for hydroxylation is 1. The van der Waals surface area contributed by atoms with E-state index in [1.807, 2.05) is 30.3 Å². The lowest BCUT2D eigenvalue weighted by atomic mass is 10.2. The van der Waals surface area contributed by atoms with Crippen LogP contribution in [0.15, 0.2) is 35.7 Å². The van der Waals surface area contributed by atoms with Crippen LogP contribution in [0.5, 0.6) is 5.88 Å². The number of rotatable bonds is 6. The average Bonchev–Trinajstić information content (AvgIpc) is 3.37. The molecule has 0 spiro atoms. The number of tetrazole rings is 1. The van der Waals surface area contributed by atoms with E-state index in [1.165, 1.54) is 4.68 Å². The minimum atomic E-state index is -3.48. The lowest BCUT2D eigenvalue weighted by Gasteiger charge is -2.09. The minimum Gasteiger partial charge on any atom is -0.472 e. The molecule has 0 saturated heterocycles. The van der Waals surface area contributed by atoms with Gasteiger partial charge in [0.25, 0.3) is 11.9 Å². The third-order valence-corrected chi connectivity index (χ3v) is 4.82. The molecular formula is C17H15F2N7O2S. The van der Waals surface area contributed by atoms with Crippen molar-refractivity contribution >= 4 is 33.3 Å². The number of nitrogens with zero attached hydrogens (tertiary/aromatic N) is 6. The summed E-state index contributed by atoms with van der Waals surface area (Å²) in [4.78, 5) is 15.5. The van der Waals surface area contributed by atoms with E-state index < -0.39 is 11.8 Å². The Labute approximate surface area is 166 Å². The highest BCUT2D eigenvalue weighted by molar-refractivity contribution is 7.13. The monoisotopic (exact) mass is 419 g/mol. The number of carbonyl (C=O) groups excluding carboxylic acids is 1. The Kier molecular flexibility index (Phi) is 4.70. The van der Waals surface area contributed by atoms with E-state index in [0.717, 1.165) is 22.2 Å². The van der Waals surface area contributed by atoms with Gasteiger partial charge >= 0.3 is 5.92 Å². The van der Waals surface area contributed by atoms with Gasteiger partial charge in [0.15, 0.2) is 5.13 Å². The molecule has 0 aliphatic carbocycles. The van der Waals surface area contributed by atoms with Gasteiger partial charge in [0.05, 0.1) is 11.2 Å². The van der Waals surface area contributed by atoms with E-state index in [0.29, 0.717) is 24.4 Å². The third kappa shape index (κ3) is 3.78. The van der Waals surface area contributed by atoms with Crippen LogP contribution in [0.25, 0.3) is 16.9 Å². The molecule has 0 unspecified atom stereocenters. The summed E-state index contributed by atoms with van der Waals surface area (Å²) in [7, 11) is 1.72. The summed E-state index contributed by atoms with van der Waals surface area (Å²) < 4.78 is 35.2. The van der Waals surface area contributed by atoms with Gasteiger partial charge in [-0.3, -0.25) is 10.1 Å². The predicted molar refractivity (Wildman–Crippen MR) is 101 cm³/mol. The highest BCUT2D eigenvalue weighted by Crippen LogP contribution is 2.29. The second kappa shape index (κ2) is 7.20. The Bertz CT molecular complexity index is 1180. The number of fused-ring (bicyclic) bond motifs is 1. The molecule has 3 aromatic heterocycles. The number of alkyl halides is 2. The van der Waals surface area contributed by atoms with Crippen molar-refractivity contribution in [1.82, 2.24) is 29.8 Å². The molecule has 4 rings (SSSR count). The van der Waals surface area contributed by atoms with Crippen LogP contribution in [0.3, 0.4) is 0 Å². The van der Waals surface area contributed by atoms with Crippen LogP contribution in [0.2, 0.25) is 0 Å². The van der Waals surface area contributed by atoms with E-state index in [9.17, 15) is 13.6 Å². The molecule has 0 radical (unpaired) electrons. The second-order valence-electron chi connectivity index (χ2n) is 6.25. The quantitative estimate of drug-likeness (QED) is 0.516. The fourth-order valence-corrected chi connectivity index (χ4v) is 3.33. The number of ether oxygens (including phenoxy) is 1. The van der Waals surface area contributed by atoms with Crippen molar-refractivity contribution in [2.24, 2.45) is 7.05 Å². The van der Waals surface area contributed by atoms with Crippen LogP contribution in [-0.2, 0) is 18.4 Å². The summed E-state index contributed by atoms with van der Waals surface area (Å²) in [6.07, 6.45) is 0.